The Balaban J connectivity index is 0.914. The highest BCUT2D eigenvalue weighted by Gasteiger charge is 2.64. The second kappa shape index (κ2) is 15.6. The highest BCUT2D eigenvalue weighted by Crippen LogP contribution is 2.71. The first-order valence-corrected chi connectivity index (χ1v) is 26.8. The van der Waals surface area contributed by atoms with Crippen LogP contribution in [-0.4, -0.2) is 4.57 Å². The summed E-state index contributed by atoms with van der Waals surface area (Å²) in [6.07, 6.45) is 6.73. The molecule has 0 amide bonds. The van der Waals surface area contributed by atoms with Gasteiger partial charge in [0.25, 0.3) is 0 Å². The minimum absolute atomic E-state index is 0.0731. The molecule has 4 fully saturated rings. The van der Waals surface area contributed by atoms with E-state index in [1.807, 2.05) is 0 Å². The molecule has 0 saturated heterocycles. The molecule has 1 heterocycles. The van der Waals surface area contributed by atoms with Gasteiger partial charge in [0.1, 0.15) is 0 Å². The standard InChI is InChI=1S/C71H54N2/c1-2-16-48(17-3-1)49-30-34-53(35-31-49)72(54-36-32-50(33-37-54)56-18-6-13-27-67(56)73-68-28-14-7-21-59(68)60-22-8-15-29-69(60)73)55-38-39-65-66(45-55)70(51-41-46-40-47(43-51)44-52(70)42-46)63-25-11-12-26-64(63)71(65)61-23-9-4-19-57(61)58-20-5-10-24-62(58)71/h1-39,45-47,51-52H,40-44H2. The van der Waals surface area contributed by atoms with E-state index in [0.29, 0.717) is 11.8 Å². The average Bonchev–Trinajstić information content (AvgIpc) is 3.95. The number of rotatable bonds is 6. The van der Waals surface area contributed by atoms with Crippen molar-refractivity contribution in [3.8, 4) is 39.1 Å². The Bertz CT molecular complexity index is 3860. The van der Waals surface area contributed by atoms with Gasteiger partial charge >= 0.3 is 0 Å². The molecule has 6 aliphatic carbocycles. The van der Waals surface area contributed by atoms with E-state index < -0.39 is 5.41 Å². The van der Waals surface area contributed by atoms with Crippen molar-refractivity contribution in [2.24, 2.45) is 23.7 Å². The van der Waals surface area contributed by atoms with E-state index in [4.69, 9.17) is 0 Å². The van der Waals surface area contributed by atoms with Crippen LogP contribution in [-0.2, 0) is 10.8 Å². The van der Waals surface area contributed by atoms with Crippen molar-refractivity contribution in [2.75, 3.05) is 4.90 Å². The van der Waals surface area contributed by atoms with Crippen LogP contribution in [0.3, 0.4) is 0 Å². The lowest BCUT2D eigenvalue weighted by Gasteiger charge is -2.65. The van der Waals surface area contributed by atoms with E-state index in [0.717, 1.165) is 23.2 Å². The highest BCUT2D eigenvalue weighted by atomic mass is 15.1. The van der Waals surface area contributed by atoms with E-state index in [9.17, 15) is 0 Å². The fraction of sp³-hybridized carbons (Fsp3) is 0.155. The van der Waals surface area contributed by atoms with Gasteiger partial charge in [-0.05, 0) is 172 Å². The minimum atomic E-state index is -0.425. The van der Waals surface area contributed by atoms with E-state index in [1.54, 1.807) is 11.1 Å². The van der Waals surface area contributed by atoms with Gasteiger partial charge in [-0.3, -0.25) is 0 Å². The Morgan fingerprint density at radius 3 is 1.40 bits per heavy atom. The quantitative estimate of drug-likeness (QED) is 0.161. The number of para-hydroxylation sites is 3. The maximum atomic E-state index is 2.70. The van der Waals surface area contributed by atoms with Gasteiger partial charge in [-0.25, -0.2) is 0 Å². The third kappa shape index (κ3) is 5.70. The summed E-state index contributed by atoms with van der Waals surface area (Å²) in [7, 11) is 0. The molecule has 4 bridgehead atoms. The van der Waals surface area contributed by atoms with Crippen LogP contribution in [0.15, 0.2) is 243 Å². The van der Waals surface area contributed by atoms with Gasteiger partial charge in [-0.15, -0.1) is 0 Å². The van der Waals surface area contributed by atoms with E-state index in [-0.39, 0.29) is 5.41 Å². The Labute approximate surface area is 427 Å². The number of nitrogens with zero attached hydrogens (tertiary/aromatic N) is 2. The van der Waals surface area contributed by atoms with Gasteiger partial charge in [0.05, 0.1) is 22.1 Å². The lowest BCUT2D eigenvalue weighted by Crippen LogP contribution is -2.59. The van der Waals surface area contributed by atoms with Gasteiger partial charge in [0, 0.05) is 38.8 Å². The van der Waals surface area contributed by atoms with Crippen molar-refractivity contribution in [3.63, 3.8) is 0 Å². The van der Waals surface area contributed by atoms with Crippen LogP contribution < -0.4 is 4.90 Å². The first-order valence-electron chi connectivity index (χ1n) is 26.8. The van der Waals surface area contributed by atoms with Crippen molar-refractivity contribution in [1.82, 2.24) is 4.57 Å². The second-order valence-corrected chi connectivity index (χ2v) is 22.0. The van der Waals surface area contributed by atoms with Gasteiger partial charge in [0.2, 0.25) is 0 Å². The van der Waals surface area contributed by atoms with E-state index >= 15 is 0 Å². The Hall–Kier alpha value is -8.20. The Kier molecular flexibility index (Phi) is 8.88. The number of hydrogen-bond donors (Lipinski definition) is 0. The molecule has 6 aliphatic rings. The van der Waals surface area contributed by atoms with Crippen molar-refractivity contribution in [3.05, 3.63) is 276 Å². The molecule has 0 unspecified atom stereocenters. The van der Waals surface area contributed by atoms with Crippen LogP contribution in [0.25, 0.3) is 60.9 Å². The van der Waals surface area contributed by atoms with Crippen LogP contribution in [0.2, 0.25) is 0 Å². The Morgan fingerprint density at radius 1 is 0.329 bits per heavy atom. The normalized spacial score (nSPS) is 21.3. The van der Waals surface area contributed by atoms with Gasteiger partial charge in [0.15, 0.2) is 0 Å². The van der Waals surface area contributed by atoms with E-state index in [1.165, 1.54) is 121 Å². The van der Waals surface area contributed by atoms with Crippen molar-refractivity contribution < 1.29 is 0 Å². The molecule has 2 heteroatoms. The number of benzene rings is 10. The fourth-order valence-electron chi connectivity index (χ4n) is 16.2. The molecule has 0 atom stereocenters. The maximum Gasteiger partial charge on any atom is 0.0719 e. The molecule has 348 valence electrons. The largest absolute Gasteiger partial charge is 0.310 e. The molecule has 0 radical (unpaired) electrons. The summed E-state index contributed by atoms with van der Waals surface area (Å²) in [5.41, 5.74) is 23.2. The predicted octanol–water partition coefficient (Wildman–Crippen LogP) is 18.0. The monoisotopic (exact) mass is 934 g/mol. The summed E-state index contributed by atoms with van der Waals surface area (Å²) >= 11 is 0. The third-order valence-electron chi connectivity index (χ3n) is 18.7. The van der Waals surface area contributed by atoms with Crippen molar-refractivity contribution in [2.45, 2.75) is 42.9 Å². The molecule has 17 rings (SSSR count). The summed E-state index contributed by atoms with van der Waals surface area (Å²) in [6, 6.07) is 92.3. The molecule has 73 heavy (non-hydrogen) atoms. The topological polar surface area (TPSA) is 8.17 Å². The molecular weight excluding hydrogens is 881 g/mol. The molecule has 2 spiro atoms. The number of fused-ring (bicyclic) bond motifs is 12. The van der Waals surface area contributed by atoms with Crippen LogP contribution >= 0.6 is 0 Å². The summed E-state index contributed by atoms with van der Waals surface area (Å²) < 4.78 is 2.45. The zero-order valence-electron chi connectivity index (χ0n) is 40.8. The Morgan fingerprint density at radius 2 is 0.781 bits per heavy atom. The molecule has 10 aromatic carbocycles. The molecule has 1 aromatic heterocycles. The predicted molar refractivity (Wildman–Crippen MR) is 301 cm³/mol. The van der Waals surface area contributed by atoms with Gasteiger partial charge < -0.3 is 9.47 Å². The maximum absolute atomic E-state index is 2.70. The third-order valence-corrected chi connectivity index (χ3v) is 18.7. The lowest BCUT2D eigenvalue weighted by atomic mass is 9.38. The number of aromatic nitrogens is 1. The van der Waals surface area contributed by atoms with E-state index in [2.05, 4.69) is 252 Å². The summed E-state index contributed by atoms with van der Waals surface area (Å²) in [4.78, 5) is 2.55. The smallest absolute Gasteiger partial charge is 0.0719 e. The molecular formula is C71H54N2. The molecule has 2 nitrogen and oxygen atoms in total. The van der Waals surface area contributed by atoms with Crippen LogP contribution in [0, 0.1) is 23.7 Å². The van der Waals surface area contributed by atoms with Gasteiger partial charge in [-0.2, -0.15) is 0 Å². The van der Waals surface area contributed by atoms with Gasteiger partial charge in [-0.1, -0.05) is 188 Å². The average molecular weight is 935 g/mol. The summed E-state index contributed by atoms with van der Waals surface area (Å²) in [6.45, 7) is 0. The second-order valence-electron chi connectivity index (χ2n) is 22.0. The zero-order valence-corrected chi connectivity index (χ0v) is 40.8. The number of anilines is 3. The molecule has 11 aromatic rings. The zero-order chi connectivity index (χ0) is 47.8. The molecule has 0 N–H and O–H groups in total. The number of hydrogen-bond acceptors (Lipinski definition) is 1. The van der Waals surface area contributed by atoms with Crippen LogP contribution in [0.4, 0.5) is 17.1 Å². The molecule has 4 saturated carbocycles. The summed E-state index contributed by atoms with van der Waals surface area (Å²) in [5, 5.41) is 2.54. The minimum Gasteiger partial charge on any atom is -0.310 e. The highest BCUT2D eigenvalue weighted by molar-refractivity contribution is 6.09. The summed E-state index contributed by atoms with van der Waals surface area (Å²) in [5.74, 6) is 2.90. The first-order chi connectivity index (χ1) is 36.2. The van der Waals surface area contributed by atoms with Crippen LogP contribution in [0.5, 0.6) is 0 Å². The van der Waals surface area contributed by atoms with Crippen molar-refractivity contribution in [1.29, 1.82) is 0 Å². The lowest BCUT2D eigenvalue weighted by molar-refractivity contribution is -0.0440. The first kappa shape index (κ1) is 41.4. The fourth-order valence-corrected chi connectivity index (χ4v) is 16.2. The van der Waals surface area contributed by atoms with Crippen LogP contribution in [0.1, 0.15) is 65.5 Å². The van der Waals surface area contributed by atoms with Crippen molar-refractivity contribution >= 4 is 38.9 Å². The SMILES string of the molecule is c1ccc(-c2ccc(N(c3ccc(-c4ccccc4-n4c5ccccc5c5ccccc54)cc3)c3ccc4c(c3)C3(c5ccccc5C45c4ccccc4-c4ccccc45)C4CC5CC(C4)CC3C5)cc2)cc1. The molecule has 0 aliphatic heterocycles.